The van der Waals surface area contributed by atoms with Crippen LogP contribution in [0.2, 0.25) is 0 Å². The summed E-state index contributed by atoms with van der Waals surface area (Å²) in [6.45, 7) is 0.680. The standard InChI is InChI=1S/C22H30N4O4S2/c27-21(23-18-9-3-4-10-18)16-8-5-11-26(13-16)32(28,29)19-12-17(14-31-19)20-24-22(30-25-20)15-6-1-2-7-15/h12,14-16,18H,1-11,13H2,(H,23,27)/t16-/m1/s1. The lowest BCUT2D eigenvalue weighted by atomic mass is 9.98. The molecule has 3 fully saturated rings. The molecule has 2 aliphatic carbocycles. The van der Waals surface area contributed by atoms with Gasteiger partial charge in [-0.25, -0.2) is 8.42 Å². The van der Waals surface area contributed by atoms with Crippen LogP contribution in [0.5, 0.6) is 0 Å². The smallest absolute Gasteiger partial charge is 0.252 e. The molecule has 3 aliphatic rings. The van der Waals surface area contributed by atoms with Gasteiger partial charge in [0.25, 0.3) is 10.0 Å². The van der Waals surface area contributed by atoms with Crippen LogP contribution in [0.15, 0.2) is 20.2 Å². The number of hydrogen-bond donors (Lipinski definition) is 1. The van der Waals surface area contributed by atoms with E-state index in [9.17, 15) is 13.2 Å². The molecule has 1 atom stereocenters. The summed E-state index contributed by atoms with van der Waals surface area (Å²) in [6, 6.07) is 1.88. The number of amides is 1. The lowest BCUT2D eigenvalue weighted by Gasteiger charge is -2.31. The Morgan fingerprint density at radius 3 is 2.62 bits per heavy atom. The van der Waals surface area contributed by atoms with Crippen molar-refractivity contribution in [3.63, 3.8) is 0 Å². The van der Waals surface area contributed by atoms with Crippen molar-refractivity contribution in [3.8, 4) is 11.4 Å². The van der Waals surface area contributed by atoms with Crippen molar-refractivity contribution in [2.75, 3.05) is 13.1 Å². The minimum absolute atomic E-state index is 0.00471. The van der Waals surface area contributed by atoms with Gasteiger partial charge in [-0.15, -0.1) is 11.3 Å². The maximum Gasteiger partial charge on any atom is 0.252 e. The number of rotatable bonds is 6. The maximum atomic E-state index is 13.3. The van der Waals surface area contributed by atoms with Crippen LogP contribution in [0, 0.1) is 5.92 Å². The molecular formula is C22H30N4O4S2. The third kappa shape index (κ3) is 4.49. The van der Waals surface area contributed by atoms with Crippen LogP contribution >= 0.6 is 11.3 Å². The number of thiophene rings is 1. The molecule has 32 heavy (non-hydrogen) atoms. The number of nitrogens with zero attached hydrogens (tertiary/aromatic N) is 3. The van der Waals surface area contributed by atoms with Gasteiger partial charge in [0.1, 0.15) is 4.21 Å². The fourth-order valence-corrected chi connectivity index (χ4v) is 7.99. The predicted octanol–water partition coefficient (Wildman–Crippen LogP) is 3.92. The second-order valence-electron chi connectivity index (χ2n) is 9.28. The van der Waals surface area contributed by atoms with Crippen LogP contribution in [0.1, 0.15) is 76.0 Å². The normalized spacial score (nSPS) is 23.7. The molecule has 5 rings (SSSR count). The van der Waals surface area contributed by atoms with Gasteiger partial charge >= 0.3 is 0 Å². The lowest BCUT2D eigenvalue weighted by Crippen LogP contribution is -2.47. The monoisotopic (exact) mass is 478 g/mol. The highest BCUT2D eigenvalue weighted by molar-refractivity contribution is 7.91. The molecule has 2 saturated carbocycles. The summed E-state index contributed by atoms with van der Waals surface area (Å²) in [5.41, 5.74) is 0.661. The Morgan fingerprint density at radius 2 is 1.84 bits per heavy atom. The van der Waals surface area contributed by atoms with Gasteiger partial charge < -0.3 is 9.84 Å². The van der Waals surface area contributed by atoms with Crippen LogP contribution in [-0.4, -0.2) is 47.9 Å². The zero-order valence-electron chi connectivity index (χ0n) is 18.2. The van der Waals surface area contributed by atoms with Crippen molar-refractivity contribution in [3.05, 3.63) is 17.3 Å². The van der Waals surface area contributed by atoms with Gasteiger partial charge in [0.05, 0.1) is 5.92 Å². The highest BCUT2D eigenvalue weighted by atomic mass is 32.2. The summed E-state index contributed by atoms with van der Waals surface area (Å²) < 4.78 is 33.8. The van der Waals surface area contributed by atoms with E-state index in [2.05, 4.69) is 15.5 Å². The largest absolute Gasteiger partial charge is 0.353 e. The maximum absolute atomic E-state index is 13.3. The van der Waals surface area contributed by atoms with Crippen LogP contribution < -0.4 is 5.32 Å². The van der Waals surface area contributed by atoms with Gasteiger partial charge in [0.15, 0.2) is 0 Å². The summed E-state index contributed by atoms with van der Waals surface area (Å²) in [5, 5.41) is 8.98. The molecule has 8 nitrogen and oxygen atoms in total. The Kier molecular flexibility index (Phi) is 6.35. The predicted molar refractivity (Wildman–Crippen MR) is 121 cm³/mol. The molecule has 2 aromatic rings. The van der Waals surface area contributed by atoms with Gasteiger partial charge in [0, 0.05) is 36.0 Å². The summed E-state index contributed by atoms with van der Waals surface area (Å²) >= 11 is 1.17. The quantitative estimate of drug-likeness (QED) is 0.675. The minimum Gasteiger partial charge on any atom is -0.353 e. The van der Waals surface area contributed by atoms with Gasteiger partial charge in [0.2, 0.25) is 17.6 Å². The molecule has 3 heterocycles. The Bertz CT molecular complexity index is 1050. The van der Waals surface area contributed by atoms with Crippen molar-refractivity contribution in [1.29, 1.82) is 0 Å². The topological polar surface area (TPSA) is 105 Å². The zero-order valence-corrected chi connectivity index (χ0v) is 19.8. The second kappa shape index (κ2) is 9.23. The van der Waals surface area contributed by atoms with E-state index in [-0.39, 0.29) is 28.6 Å². The first-order valence-electron chi connectivity index (χ1n) is 11.7. The van der Waals surface area contributed by atoms with E-state index in [0.29, 0.717) is 36.2 Å². The molecule has 0 spiro atoms. The summed E-state index contributed by atoms with van der Waals surface area (Å²) in [7, 11) is -3.67. The van der Waals surface area contributed by atoms with E-state index in [4.69, 9.17) is 4.52 Å². The zero-order chi connectivity index (χ0) is 22.1. The van der Waals surface area contributed by atoms with E-state index in [1.807, 2.05) is 0 Å². The summed E-state index contributed by atoms with van der Waals surface area (Å²) in [4.78, 5) is 17.2. The fourth-order valence-electron chi connectivity index (χ4n) is 5.15. The molecule has 10 heteroatoms. The minimum atomic E-state index is -3.67. The third-order valence-corrected chi connectivity index (χ3v) is 10.3. The highest BCUT2D eigenvalue weighted by Crippen LogP contribution is 2.35. The Morgan fingerprint density at radius 1 is 1.09 bits per heavy atom. The van der Waals surface area contributed by atoms with Crippen LogP contribution in [0.3, 0.4) is 0 Å². The molecule has 1 aliphatic heterocycles. The van der Waals surface area contributed by atoms with E-state index < -0.39 is 10.0 Å². The number of carbonyl (C=O) groups is 1. The van der Waals surface area contributed by atoms with E-state index in [1.54, 1.807) is 11.4 Å². The average Bonchev–Trinajstić information content (AvgIpc) is 3.60. The van der Waals surface area contributed by atoms with E-state index >= 15 is 0 Å². The van der Waals surface area contributed by atoms with Gasteiger partial charge in [-0.05, 0) is 44.6 Å². The number of carbonyl (C=O) groups excluding carboxylic acids is 1. The number of piperidine rings is 1. The Balaban J connectivity index is 1.27. The molecule has 174 valence electrons. The molecule has 0 radical (unpaired) electrons. The lowest BCUT2D eigenvalue weighted by molar-refractivity contribution is -0.126. The van der Waals surface area contributed by atoms with E-state index in [0.717, 1.165) is 44.9 Å². The first-order valence-corrected chi connectivity index (χ1v) is 14.1. The highest BCUT2D eigenvalue weighted by Gasteiger charge is 2.35. The molecule has 0 bridgehead atoms. The summed E-state index contributed by atoms with van der Waals surface area (Å²) in [6.07, 6.45) is 10.3. The second-order valence-corrected chi connectivity index (χ2v) is 12.4. The van der Waals surface area contributed by atoms with Crippen molar-refractivity contribution in [2.45, 2.75) is 80.4 Å². The first kappa shape index (κ1) is 22.0. The van der Waals surface area contributed by atoms with Crippen molar-refractivity contribution in [2.24, 2.45) is 5.92 Å². The number of sulfonamides is 1. The molecule has 0 aromatic carbocycles. The van der Waals surface area contributed by atoms with Crippen molar-refractivity contribution < 1.29 is 17.7 Å². The van der Waals surface area contributed by atoms with Gasteiger partial charge in [-0.1, -0.05) is 30.8 Å². The van der Waals surface area contributed by atoms with Gasteiger partial charge in [-0.3, -0.25) is 4.79 Å². The summed E-state index contributed by atoms with van der Waals surface area (Å²) in [5.74, 6) is 1.12. The van der Waals surface area contributed by atoms with Crippen LogP contribution in [0.4, 0.5) is 0 Å². The molecule has 1 saturated heterocycles. The average molecular weight is 479 g/mol. The van der Waals surface area contributed by atoms with Crippen LogP contribution in [-0.2, 0) is 14.8 Å². The fraction of sp³-hybridized carbons (Fsp3) is 0.682. The molecule has 0 unspecified atom stereocenters. The molecule has 1 amide bonds. The first-order chi connectivity index (χ1) is 15.5. The van der Waals surface area contributed by atoms with Crippen molar-refractivity contribution >= 4 is 27.3 Å². The molecule has 2 aromatic heterocycles. The van der Waals surface area contributed by atoms with Crippen molar-refractivity contribution in [1.82, 2.24) is 19.8 Å². The molecular weight excluding hydrogens is 448 g/mol. The number of aromatic nitrogens is 2. The number of nitrogens with one attached hydrogen (secondary N) is 1. The number of hydrogen-bond acceptors (Lipinski definition) is 7. The van der Waals surface area contributed by atoms with E-state index in [1.165, 1.54) is 28.5 Å². The van der Waals surface area contributed by atoms with Gasteiger partial charge in [-0.2, -0.15) is 9.29 Å². The van der Waals surface area contributed by atoms with Crippen LogP contribution in [0.25, 0.3) is 11.4 Å². The Hall–Kier alpha value is -1.78. The molecule has 1 N–H and O–H groups in total. The Labute approximate surface area is 192 Å². The third-order valence-electron chi connectivity index (χ3n) is 7.03. The SMILES string of the molecule is O=C(NC1CCCC1)[C@@H]1CCCN(S(=O)(=O)c2cc(-c3noc(C4CCCC4)n3)cs2)C1.